The standard InChI is InChI=1S/C20H25N3/c1-3-18-19(4-2)21-14-22-20(18)23-17-12-10-16(11-13-17)15-8-6-5-7-9-15/h3,5-9,14,16-17H,1,4,10-13H2,2H3,(H,21,22,23)/t16-,17+. The Balaban J connectivity index is 1.64. The number of nitrogens with one attached hydrogen (secondary N) is 1. The number of hydrogen-bond donors (Lipinski definition) is 1. The minimum absolute atomic E-state index is 0.494. The van der Waals surface area contributed by atoms with Crippen LogP contribution in [0, 0.1) is 0 Å². The van der Waals surface area contributed by atoms with Crippen molar-refractivity contribution in [1.29, 1.82) is 0 Å². The highest BCUT2D eigenvalue weighted by atomic mass is 15.0. The summed E-state index contributed by atoms with van der Waals surface area (Å²) in [6.45, 7) is 6.04. The van der Waals surface area contributed by atoms with Crippen LogP contribution in [-0.4, -0.2) is 16.0 Å². The molecule has 1 fully saturated rings. The van der Waals surface area contributed by atoms with E-state index in [2.05, 4.69) is 59.1 Å². The van der Waals surface area contributed by atoms with Crippen LogP contribution >= 0.6 is 0 Å². The molecule has 3 heteroatoms. The average molecular weight is 307 g/mol. The highest BCUT2D eigenvalue weighted by Gasteiger charge is 2.23. The number of nitrogens with zero attached hydrogens (tertiary/aromatic N) is 2. The van der Waals surface area contributed by atoms with Gasteiger partial charge in [0.2, 0.25) is 0 Å². The lowest BCUT2D eigenvalue weighted by Crippen LogP contribution is -2.26. The topological polar surface area (TPSA) is 37.8 Å². The van der Waals surface area contributed by atoms with Crippen LogP contribution in [0.1, 0.15) is 55.3 Å². The molecule has 3 nitrogen and oxygen atoms in total. The number of aromatic nitrogens is 2. The Morgan fingerprint density at radius 3 is 2.52 bits per heavy atom. The number of anilines is 1. The van der Waals surface area contributed by atoms with E-state index >= 15 is 0 Å². The molecule has 0 aliphatic heterocycles. The summed E-state index contributed by atoms with van der Waals surface area (Å²) < 4.78 is 0. The van der Waals surface area contributed by atoms with E-state index in [9.17, 15) is 0 Å². The van der Waals surface area contributed by atoms with E-state index in [1.165, 1.54) is 31.2 Å². The Hall–Kier alpha value is -2.16. The van der Waals surface area contributed by atoms with Gasteiger partial charge in [0.25, 0.3) is 0 Å². The van der Waals surface area contributed by atoms with Gasteiger partial charge in [-0.05, 0) is 43.6 Å². The van der Waals surface area contributed by atoms with Gasteiger partial charge in [-0.1, -0.05) is 49.9 Å². The largest absolute Gasteiger partial charge is 0.367 e. The minimum atomic E-state index is 0.494. The molecular weight excluding hydrogens is 282 g/mol. The summed E-state index contributed by atoms with van der Waals surface area (Å²) in [6, 6.07) is 11.4. The van der Waals surface area contributed by atoms with Crippen molar-refractivity contribution in [2.24, 2.45) is 0 Å². The Morgan fingerprint density at radius 2 is 1.87 bits per heavy atom. The normalized spacial score (nSPS) is 20.9. The van der Waals surface area contributed by atoms with Crippen molar-refractivity contribution in [3.05, 3.63) is 60.1 Å². The summed E-state index contributed by atoms with van der Waals surface area (Å²) in [7, 11) is 0. The fourth-order valence-corrected chi connectivity index (χ4v) is 3.53. The van der Waals surface area contributed by atoms with Crippen LogP contribution in [0.5, 0.6) is 0 Å². The van der Waals surface area contributed by atoms with Crippen LogP contribution in [0.3, 0.4) is 0 Å². The van der Waals surface area contributed by atoms with E-state index in [0.717, 1.165) is 23.5 Å². The summed E-state index contributed by atoms with van der Waals surface area (Å²) in [5.41, 5.74) is 3.60. The lowest BCUT2D eigenvalue weighted by Gasteiger charge is -2.30. The van der Waals surface area contributed by atoms with Crippen LogP contribution in [0.4, 0.5) is 5.82 Å². The van der Waals surface area contributed by atoms with Crippen molar-refractivity contribution in [3.63, 3.8) is 0 Å². The van der Waals surface area contributed by atoms with Gasteiger partial charge in [0.15, 0.2) is 0 Å². The predicted molar refractivity (Wildman–Crippen MR) is 96.6 cm³/mol. The van der Waals surface area contributed by atoms with E-state index in [1.807, 2.05) is 6.08 Å². The third kappa shape index (κ3) is 3.61. The number of rotatable bonds is 5. The van der Waals surface area contributed by atoms with Gasteiger partial charge < -0.3 is 5.32 Å². The molecule has 23 heavy (non-hydrogen) atoms. The molecule has 0 atom stereocenters. The molecule has 120 valence electrons. The molecule has 1 aliphatic rings. The molecule has 1 N–H and O–H groups in total. The second-order valence-corrected chi connectivity index (χ2v) is 6.24. The third-order valence-electron chi connectivity index (χ3n) is 4.84. The van der Waals surface area contributed by atoms with Gasteiger partial charge in [-0.3, -0.25) is 0 Å². The van der Waals surface area contributed by atoms with E-state index in [1.54, 1.807) is 6.33 Å². The SMILES string of the molecule is C=Cc1c(CC)ncnc1N[C@H]1CC[C@@H](c2ccccc2)CC1. The zero-order valence-corrected chi connectivity index (χ0v) is 13.8. The van der Waals surface area contributed by atoms with E-state index in [0.29, 0.717) is 12.0 Å². The minimum Gasteiger partial charge on any atom is -0.367 e. The molecule has 0 amide bonds. The fourth-order valence-electron chi connectivity index (χ4n) is 3.53. The van der Waals surface area contributed by atoms with Crippen molar-refractivity contribution >= 4 is 11.9 Å². The van der Waals surface area contributed by atoms with Crippen LogP contribution < -0.4 is 5.32 Å². The molecular formula is C20H25N3. The zero-order valence-electron chi connectivity index (χ0n) is 13.8. The quantitative estimate of drug-likeness (QED) is 0.860. The maximum atomic E-state index is 4.44. The molecule has 0 unspecified atom stereocenters. The molecule has 0 radical (unpaired) electrons. The van der Waals surface area contributed by atoms with Crippen LogP contribution in [-0.2, 0) is 6.42 Å². The number of hydrogen-bond acceptors (Lipinski definition) is 3. The first kappa shape index (κ1) is 15.7. The number of aryl methyl sites for hydroxylation is 1. The first-order chi connectivity index (χ1) is 11.3. The molecule has 1 aromatic carbocycles. The van der Waals surface area contributed by atoms with Crippen LogP contribution in [0.25, 0.3) is 6.08 Å². The van der Waals surface area contributed by atoms with Gasteiger partial charge in [0.1, 0.15) is 12.1 Å². The second-order valence-electron chi connectivity index (χ2n) is 6.24. The Kier molecular flexibility index (Phi) is 5.06. The van der Waals surface area contributed by atoms with Crippen molar-refractivity contribution in [2.45, 2.75) is 51.0 Å². The maximum Gasteiger partial charge on any atom is 0.137 e. The summed E-state index contributed by atoms with van der Waals surface area (Å²) >= 11 is 0. The first-order valence-electron chi connectivity index (χ1n) is 8.59. The monoisotopic (exact) mass is 307 g/mol. The van der Waals surface area contributed by atoms with Gasteiger partial charge in [-0.15, -0.1) is 0 Å². The molecule has 0 bridgehead atoms. The Morgan fingerprint density at radius 1 is 1.13 bits per heavy atom. The molecule has 1 aromatic heterocycles. The second kappa shape index (κ2) is 7.40. The van der Waals surface area contributed by atoms with Crippen molar-refractivity contribution in [3.8, 4) is 0 Å². The van der Waals surface area contributed by atoms with Crippen molar-refractivity contribution < 1.29 is 0 Å². The first-order valence-corrected chi connectivity index (χ1v) is 8.59. The van der Waals surface area contributed by atoms with E-state index < -0.39 is 0 Å². The van der Waals surface area contributed by atoms with Gasteiger partial charge in [0, 0.05) is 11.6 Å². The molecule has 3 rings (SSSR count). The van der Waals surface area contributed by atoms with Gasteiger partial charge in [-0.25, -0.2) is 9.97 Å². The fraction of sp³-hybridized carbons (Fsp3) is 0.400. The zero-order chi connectivity index (χ0) is 16.1. The summed E-state index contributed by atoms with van der Waals surface area (Å²) in [5.74, 6) is 1.64. The van der Waals surface area contributed by atoms with E-state index in [-0.39, 0.29) is 0 Å². The number of benzene rings is 1. The molecule has 0 saturated heterocycles. The van der Waals surface area contributed by atoms with Gasteiger partial charge in [-0.2, -0.15) is 0 Å². The van der Waals surface area contributed by atoms with Crippen LogP contribution in [0.2, 0.25) is 0 Å². The molecule has 2 aromatic rings. The van der Waals surface area contributed by atoms with Gasteiger partial charge >= 0.3 is 0 Å². The van der Waals surface area contributed by atoms with Crippen molar-refractivity contribution in [2.75, 3.05) is 5.32 Å². The smallest absolute Gasteiger partial charge is 0.137 e. The van der Waals surface area contributed by atoms with Gasteiger partial charge in [0.05, 0.1) is 5.69 Å². The summed E-state index contributed by atoms with van der Waals surface area (Å²) in [5, 5.41) is 3.62. The summed E-state index contributed by atoms with van der Waals surface area (Å²) in [6.07, 6.45) is 9.26. The molecule has 1 aliphatic carbocycles. The lowest BCUT2D eigenvalue weighted by molar-refractivity contribution is 0.411. The van der Waals surface area contributed by atoms with E-state index in [4.69, 9.17) is 0 Å². The highest BCUT2D eigenvalue weighted by Crippen LogP contribution is 2.34. The molecule has 0 spiro atoms. The maximum absolute atomic E-state index is 4.44. The summed E-state index contributed by atoms with van der Waals surface area (Å²) in [4.78, 5) is 8.79. The third-order valence-corrected chi connectivity index (χ3v) is 4.84. The van der Waals surface area contributed by atoms with Crippen LogP contribution in [0.15, 0.2) is 43.2 Å². The Bertz CT molecular complexity index is 643. The molecule has 1 saturated carbocycles. The highest BCUT2D eigenvalue weighted by molar-refractivity contribution is 5.64. The van der Waals surface area contributed by atoms with Crippen molar-refractivity contribution in [1.82, 2.24) is 9.97 Å². The Labute approximate surface area is 138 Å². The molecule has 1 heterocycles. The predicted octanol–water partition coefficient (Wildman–Crippen LogP) is 4.82. The lowest BCUT2D eigenvalue weighted by atomic mass is 9.82. The average Bonchev–Trinajstić information content (AvgIpc) is 2.63.